The molecule has 0 bridgehead atoms. The largest absolute Gasteiger partial charge is 0.294 e. The molecule has 1 atom stereocenters. The maximum Gasteiger partial charge on any atom is 0.0461 e. The van der Waals surface area contributed by atoms with Crippen LogP contribution in [0, 0.1) is 6.92 Å². The zero-order chi connectivity index (χ0) is 17.9. The molecule has 2 heteroatoms. The molecule has 0 fully saturated rings. The van der Waals surface area contributed by atoms with Gasteiger partial charge in [-0.25, -0.2) is 0 Å². The number of aliphatic imine (C=N–C) groups is 1. The topological polar surface area (TPSA) is 12.4 Å². The van der Waals surface area contributed by atoms with Crippen LogP contribution in [0.25, 0.3) is 5.57 Å². The van der Waals surface area contributed by atoms with Crippen molar-refractivity contribution < 1.29 is 0 Å². The second-order valence-electron chi connectivity index (χ2n) is 6.96. The molecular weight excluding hydrogens is 310 g/mol. The molecule has 1 unspecified atom stereocenters. The van der Waals surface area contributed by atoms with E-state index < -0.39 is 0 Å². The Labute approximate surface area is 152 Å². The summed E-state index contributed by atoms with van der Waals surface area (Å²) in [7, 11) is 0. The summed E-state index contributed by atoms with van der Waals surface area (Å²) in [6.45, 7) is 16.5. The second kappa shape index (κ2) is 8.20. The van der Waals surface area contributed by atoms with Crippen molar-refractivity contribution in [2.75, 3.05) is 12.8 Å². The fourth-order valence-corrected chi connectivity index (χ4v) is 4.43. The van der Waals surface area contributed by atoms with Crippen molar-refractivity contribution in [3.8, 4) is 0 Å². The number of nitrogens with zero attached hydrogens (tertiary/aromatic N) is 1. The van der Waals surface area contributed by atoms with Gasteiger partial charge in [-0.15, -0.1) is 11.8 Å². The number of hydrogen-bond acceptors (Lipinski definition) is 2. The zero-order valence-electron chi connectivity index (χ0n) is 16.1. The van der Waals surface area contributed by atoms with E-state index in [1.165, 1.54) is 50.4 Å². The van der Waals surface area contributed by atoms with Crippen LogP contribution in [-0.4, -0.2) is 18.5 Å². The van der Waals surface area contributed by atoms with E-state index >= 15 is 0 Å². The van der Waals surface area contributed by atoms with Crippen molar-refractivity contribution in [2.45, 2.75) is 64.7 Å². The molecule has 0 saturated carbocycles. The van der Waals surface area contributed by atoms with Crippen LogP contribution < -0.4 is 0 Å². The molecule has 1 aromatic carbocycles. The Morgan fingerprint density at radius 3 is 2.54 bits per heavy atom. The van der Waals surface area contributed by atoms with Gasteiger partial charge in [0.1, 0.15) is 0 Å². The first-order chi connectivity index (χ1) is 11.4. The molecule has 0 aromatic heterocycles. The lowest BCUT2D eigenvalue weighted by atomic mass is 9.85. The van der Waals surface area contributed by atoms with Gasteiger partial charge in [-0.2, -0.15) is 0 Å². The minimum absolute atomic E-state index is 0.529. The lowest BCUT2D eigenvalue weighted by Gasteiger charge is -2.22. The molecule has 0 amide bonds. The highest BCUT2D eigenvalue weighted by Gasteiger charge is 2.24. The predicted molar refractivity (Wildman–Crippen MR) is 111 cm³/mol. The van der Waals surface area contributed by atoms with E-state index in [0.717, 1.165) is 19.4 Å². The van der Waals surface area contributed by atoms with Crippen LogP contribution in [0.15, 0.2) is 39.7 Å². The van der Waals surface area contributed by atoms with Crippen LogP contribution >= 0.6 is 11.8 Å². The smallest absolute Gasteiger partial charge is 0.0461 e. The third-order valence-corrected chi connectivity index (χ3v) is 6.07. The molecule has 1 aliphatic heterocycles. The van der Waals surface area contributed by atoms with Crippen molar-refractivity contribution in [3.63, 3.8) is 0 Å². The molecule has 1 aromatic rings. The molecule has 1 aliphatic rings. The molecule has 1 heterocycles. The van der Waals surface area contributed by atoms with E-state index in [9.17, 15) is 0 Å². The Bertz CT molecular complexity index is 694. The average Bonchev–Trinajstić information content (AvgIpc) is 2.99. The number of benzene rings is 1. The molecule has 0 aliphatic carbocycles. The summed E-state index contributed by atoms with van der Waals surface area (Å²) in [5, 5.41) is 0. The normalized spacial score (nSPS) is 18.4. The van der Waals surface area contributed by atoms with Gasteiger partial charge in [-0.05, 0) is 80.7 Å². The highest BCUT2D eigenvalue weighted by atomic mass is 32.2. The van der Waals surface area contributed by atoms with Gasteiger partial charge in [0.15, 0.2) is 0 Å². The Balaban J connectivity index is 2.46. The third-order valence-electron chi connectivity index (χ3n) is 5.27. The number of rotatable bonds is 6. The summed E-state index contributed by atoms with van der Waals surface area (Å²) in [6.07, 6.45) is 5.60. The van der Waals surface area contributed by atoms with Crippen LogP contribution in [0.4, 0.5) is 0 Å². The highest BCUT2D eigenvalue weighted by Crippen LogP contribution is 2.39. The minimum atomic E-state index is 0.529. The Morgan fingerprint density at radius 1 is 1.29 bits per heavy atom. The van der Waals surface area contributed by atoms with Crippen LogP contribution in [0.2, 0.25) is 0 Å². The van der Waals surface area contributed by atoms with E-state index in [4.69, 9.17) is 0 Å². The van der Waals surface area contributed by atoms with E-state index in [-0.39, 0.29) is 0 Å². The maximum absolute atomic E-state index is 4.65. The number of hydrogen-bond donors (Lipinski definition) is 0. The summed E-state index contributed by atoms with van der Waals surface area (Å²) in [4.78, 5) is 6.04. The first kappa shape index (κ1) is 19.1. The van der Waals surface area contributed by atoms with Gasteiger partial charge in [0, 0.05) is 23.1 Å². The summed E-state index contributed by atoms with van der Waals surface area (Å²) in [5.41, 5.74) is 9.46. The standard InChI is InChI=1S/C22H31NS/c1-8-9-14(2)16(4)17(5)20-10-11-21(24-7)22(18(20)6)19-12-15(3)23-13-19/h10-11,19H,5,8-9,12-13H2,1-4,6-7H3/b16-14+. The summed E-state index contributed by atoms with van der Waals surface area (Å²) in [5.74, 6) is 0.529. The predicted octanol–water partition coefficient (Wildman–Crippen LogP) is 6.81. The lowest BCUT2D eigenvalue weighted by Crippen LogP contribution is -2.06. The van der Waals surface area contributed by atoms with Crippen molar-refractivity contribution >= 4 is 23.0 Å². The molecular formula is C22H31NS. The van der Waals surface area contributed by atoms with E-state index in [2.05, 4.69) is 64.6 Å². The molecule has 1 nitrogen and oxygen atoms in total. The quantitative estimate of drug-likeness (QED) is 0.409. The van der Waals surface area contributed by atoms with Gasteiger partial charge >= 0.3 is 0 Å². The van der Waals surface area contributed by atoms with Crippen molar-refractivity contribution in [3.05, 3.63) is 46.5 Å². The first-order valence-electron chi connectivity index (χ1n) is 8.94. The number of thioether (sulfide) groups is 1. The van der Waals surface area contributed by atoms with Crippen molar-refractivity contribution in [2.24, 2.45) is 4.99 Å². The van der Waals surface area contributed by atoms with E-state index in [1.54, 1.807) is 0 Å². The van der Waals surface area contributed by atoms with Gasteiger partial charge < -0.3 is 0 Å². The Hall–Kier alpha value is -1.28. The third kappa shape index (κ3) is 3.85. The van der Waals surface area contributed by atoms with Gasteiger partial charge in [-0.3, -0.25) is 4.99 Å². The SMILES string of the molecule is C=C(/C(C)=C(\C)CCC)c1ccc(SC)c(C2CN=C(C)C2)c1C. The van der Waals surface area contributed by atoms with Gasteiger partial charge in [0.25, 0.3) is 0 Å². The average molecular weight is 342 g/mol. The maximum atomic E-state index is 4.65. The first-order valence-corrected chi connectivity index (χ1v) is 10.2. The molecule has 0 saturated heterocycles. The molecule has 2 rings (SSSR count). The van der Waals surface area contributed by atoms with Crippen LogP contribution in [0.3, 0.4) is 0 Å². The summed E-state index contributed by atoms with van der Waals surface area (Å²) >= 11 is 1.85. The zero-order valence-corrected chi connectivity index (χ0v) is 16.9. The molecule has 0 radical (unpaired) electrons. The lowest BCUT2D eigenvalue weighted by molar-refractivity contribution is 0.754. The minimum Gasteiger partial charge on any atom is -0.294 e. The van der Waals surface area contributed by atoms with Crippen molar-refractivity contribution in [1.82, 2.24) is 0 Å². The Morgan fingerprint density at radius 2 is 2.00 bits per heavy atom. The molecule has 130 valence electrons. The van der Waals surface area contributed by atoms with E-state index in [0.29, 0.717) is 5.92 Å². The summed E-state index contributed by atoms with van der Waals surface area (Å²) < 4.78 is 0. The highest BCUT2D eigenvalue weighted by molar-refractivity contribution is 7.98. The van der Waals surface area contributed by atoms with Crippen LogP contribution in [0.5, 0.6) is 0 Å². The van der Waals surface area contributed by atoms with E-state index in [1.807, 2.05) is 11.8 Å². The number of allylic oxidation sites excluding steroid dienone is 3. The molecule has 24 heavy (non-hydrogen) atoms. The summed E-state index contributed by atoms with van der Waals surface area (Å²) in [6, 6.07) is 4.54. The Kier molecular flexibility index (Phi) is 6.51. The second-order valence-corrected chi connectivity index (χ2v) is 7.81. The van der Waals surface area contributed by atoms with Gasteiger partial charge in [-0.1, -0.05) is 31.6 Å². The molecule has 0 N–H and O–H groups in total. The van der Waals surface area contributed by atoms with Crippen molar-refractivity contribution in [1.29, 1.82) is 0 Å². The van der Waals surface area contributed by atoms with Crippen LogP contribution in [-0.2, 0) is 0 Å². The monoisotopic (exact) mass is 341 g/mol. The fraction of sp³-hybridized carbons (Fsp3) is 0.500. The van der Waals surface area contributed by atoms with Crippen LogP contribution in [0.1, 0.15) is 69.6 Å². The van der Waals surface area contributed by atoms with Gasteiger partial charge in [0.2, 0.25) is 0 Å². The molecule has 0 spiro atoms. The van der Waals surface area contributed by atoms with Gasteiger partial charge in [0.05, 0.1) is 0 Å². The fourth-order valence-electron chi connectivity index (χ4n) is 3.68.